The van der Waals surface area contributed by atoms with E-state index in [4.69, 9.17) is 0 Å². The number of pyridine rings is 2. The third kappa shape index (κ3) is 9.01. The van der Waals surface area contributed by atoms with Gasteiger partial charge in [0.05, 0.1) is 12.4 Å². The minimum atomic E-state index is -0.147. The monoisotopic (exact) mass is 366 g/mol. The van der Waals surface area contributed by atoms with Crippen LogP contribution < -0.4 is 10.9 Å². The first kappa shape index (κ1) is 19.9. The van der Waals surface area contributed by atoms with Gasteiger partial charge in [0.25, 0.3) is 0 Å². The summed E-state index contributed by atoms with van der Waals surface area (Å²) in [6, 6.07) is 7.17. The predicted molar refractivity (Wildman–Crippen MR) is 103 cm³/mol. The average Bonchev–Trinajstić information content (AvgIpc) is 2.69. The lowest BCUT2D eigenvalue weighted by atomic mass is 10.1. The summed E-state index contributed by atoms with van der Waals surface area (Å²) in [6.45, 7) is 0. The van der Waals surface area contributed by atoms with Crippen LogP contribution in [-0.2, 0) is 9.59 Å². The van der Waals surface area contributed by atoms with Crippen molar-refractivity contribution < 1.29 is 9.59 Å². The molecule has 0 aliphatic rings. The molecule has 2 aromatic heterocycles. The lowest BCUT2D eigenvalue weighted by molar-refractivity contribution is -0.121. The number of aromatic nitrogens is 2. The zero-order valence-corrected chi connectivity index (χ0v) is 14.9. The fourth-order valence-corrected chi connectivity index (χ4v) is 2.12. The van der Waals surface area contributed by atoms with Crippen LogP contribution in [0.2, 0.25) is 0 Å². The standard InChI is InChI=1S/C19H22N6O2/c26-18(24-22-14-16-6-10-20-11-7-16)4-2-1-3-5-19(27)25-23-15-17-8-12-21-13-9-17/h6-15H,1-5H2,(H,24,26)(H,25,27)/b22-14+,23-15+. The number of carbonyl (C=O) groups excluding carboxylic acids is 2. The summed E-state index contributed by atoms with van der Waals surface area (Å²) >= 11 is 0. The molecule has 27 heavy (non-hydrogen) atoms. The molecule has 0 radical (unpaired) electrons. The van der Waals surface area contributed by atoms with Crippen molar-refractivity contribution >= 4 is 24.2 Å². The highest BCUT2D eigenvalue weighted by Gasteiger charge is 2.02. The summed E-state index contributed by atoms with van der Waals surface area (Å²) in [6.07, 6.45) is 12.7. The van der Waals surface area contributed by atoms with E-state index in [1.54, 1.807) is 61.5 Å². The number of unbranched alkanes of at least 4 members (excludes halogenated alkanes) is 2. The first-order valence-electron chi connectivity index (χ1n) is 8.68. The molecule has 2 amide bonds. The van der Waals surface area contributed by atoms with Crippen molar-refractivity contribution in [1.82, 2.24) is 20.8 Å². The van der Waals surface area contributed by atoms with Crippen LogP contribution in [-0.4, -0.2) is 34.2 Å². The Labute approximate surface area is 157 Å². The third-order valence-corrected chi connectivity index (χ3v) is 3.53. The number of hydrogen-bond acceptors (Lipinski definition) is 6. The molecule has 0 atom stereocenters. The van der Waals surface area contributed by atoms with Gasteiger partial charge in [-0.25, -0.2) is 10.9 Å². The van der Waals surface area contributed by atoms with Crippen LogP contribution in [0.5, 0.6) is 0 Å². The molecule has 2 rings (SSSR count). The van der Waals surface area contributed by atoms with Gasteiger partial charge < -0.3 is 0 Å². The number of amides is 2. The van der Waals surface area contributed by atoms with E-state index in [2.05, 4.69) is 31.0 Å². The molecule has 0 bridgehead atoms. The summed E-state index contributed by atoms with van der Waals surface area (Å²) in [4.78, 5) is 31.1. The van der Waals surface area contributed by atoms with Gasteiger partial charge in [-0.15, -0.1) is 0 Å². The lowest BCUT2D eigenvalue weighted by Crippen LogP contribution is -2.18. The molecule has 0 aromatic carbocycles. The van der Waals surface area contributed by atoms with Crippen LogP contribution in [0.3, 0.4) is 0 Å². The van der Waals surface area contributed by atoms with E-state index < -0.39 is 0 Å². The molecule has 8 nitrogen and oxygen atoms in total. The Kier molecular flexibility index (Phi) is 8.86. The first-order chi connectivity index (χ1) is 13.2. The van der Waals surface area contributed by atoms with Gasteiger partial charge in [0, 0.05) is 37.6 Å². The maximum absolute atomic E-state index is 11.7. The van der Waals surface area contributed by atoms with Crippen molar-refractivity contribution in [3.8, 4) is 0 Å². The zero-order valence-electron chi connectivity index (χ0n) is 14.9. The van der Waals surface area contributed by atoms with Crippen LogP contribution in [0.25, 0.3) is 0 Å². The molecule has 0 spiro atoms. The van der Waals surface area contributed by atoms with E-state index in [-0.39, 0.29) is 11.8 Å². The smallest absolute Gasteiger partial charge is 0.240 e. The summed E-state index contributed by atoms with van der Waals surface area (Å²) in [7, 11) is 0. The minimum absolute atomic E-state index is 0.147. The number of nitrogens with one attached hydrogen (secondary N) is 2. The first-order valence-corrected chi connectivity index (χ1v) is 8.68. The Hall–Kier alpha value is -3.42. The normalized spacial score (nSPS) is 11.0. The molecule has 2 heterocycles. The molecular weight excluding hydrogens is 344 g/mol. The third-order valence-electron chi connectivity index (χ3n) is 3.53. The second-order valence-corrected chi connectivity index (χ2v) is 5.71. The number of hydrogen-bond donors (Lipinski definition) is 2. The van der Waals surface area contributed by atoms with Crippen LogP contribution in [0, 0.1) is 0 Å². The molecule has 2 N–H and O–H groups in total. The minimum Gasteiger partial charge on any atom is -0.273 e. The van der Waals surface area contributed by atoms with E-state index >= 15 is 0 Å². The maximum Gasteiger partial charge on any atom is 0.240 e. The van der Waals surface area contributed by atoms with E-state index in [1.165, 1.54) is 0 Å². The molecule has 0 unspecified atom stereocenters. The van der Waals surface area contributed by atoms with Gasteiger partial charge in [0.1, 0.15) is 0 Å². The SMILES string of the molecule is O=C(CCCCCC(=O)N/N=C/c1ccncc1)N/N=C/c1ccncc1. The van der Waals surface area contributed by atoms with E-state index in [9.17, 15) is 9.59 Å². The van der Waals surface area contributed by atoms with Gasteiger partial charge in [-0.05, 0) is 48.2 Å². The summed E-state index contributed by atoms with van der Waals surface area (Å²) < 4.78 is 0. The van der Waals surface area contributed by atoms with Crippen molar-refractivity contribution in [2.24, 2.45) is 10.2 Å². The van der Waals surface area contributed by atoms with Gasteiger partial charge in [0.2, 0.25) is 11.8 Å². The Bertz CT molecular complexity index is 697. The van der Waals surface area contributed by atoms with Crippen LogP contribution in [0.1, 0.15) is 43.2 Å². The van der Waals surface area contributed by atoms with Crippen LogP contribution in [0.15, 0.2) is 59.3 Å². The van der Waals surface area contributed by atoms with Crippen LogP contribution in [0.4, 0.5) is 0 Å². The van der Waals surface area contributed by atoms with Gasteiger partial charge >= 0.3 is 0 Å². The van der Waals surface area contributed by atoms with Crippen molar-refractivity contribution in [2.45, 2.75) is 32.1 Å². The summed E-state index contributed by atoms with van der Waals surface area (Å²) in [5, 5.41) is 7.78. The van der Waals surface area contributed by atoms with Crippen molar-refractivity contribution in [3.63, 3.8) is 0 Å². The Morgan fingerprint density at radius 3 is 1.56 bits per heavy atom. The van der Waals surface area contributed by atoms with Gasteiger partial charge in [-0.1, -0.05) is 6.42 Å². The molecule has 0 aliphatic carbocycles. The number of rotatable bonds is 10. The molecule has 0 saturated carbocycles. The number of nitrogens with zero attached hydrogens (tertiary/aromatic N) is 4. The van der Waals surface area contributed by atoms with Gasteiger partial charge in [0.15, 0.2) is 0 Å². The highest BCUT2D eigenvalue weighted by Crippen LogP contribution is 2.03. The molecule has 0 aliphatic heterocycles. The molecular formula is C19H22N6O2. The zero-order chi connectivity index (χ0) is 19.2. The summed E-state index contributed by atoms with van der Waals surface area (Å²) in [5.74, 6) is -0.293. The highest BCUT2D eigenvalue weighted by molar-refractivity contribution is 5.82. The largest absolute Gasteiger partial charge is 0.273 e. The van der Waals surface area contributed by atoms with Crippen molar-refractivity contribution in [1.29, 1.82) is 0 Å². The number of carbonyl (C=O) groups is 2. The Balaban J connectivity index is 1.51. The van der Waals surface area contributed by atoms with E-state index in [0.717, 1.165) is 17.5 Å². The van der Waals surface area contributed by atoms with Crippen molar-refractivity contribution in [2.75, 3.05) is 0 Å². The topological polar surface area (TPSA) is 109 Å². The second kappa shape index (κ2) is 12.0. The predicted octanol–water partition coefficient (Wildman–Crippen LogP) is 2.03. The maximum atomic E-state index is 11.7. The Morgan fingerprint density at radius 2 is 1.15 bits per heavy atom. The molecule has 0 saturated heterocycles. The highest BCUT2D eigenvalue weighted by atomic mass is 16.2. The quantitative estimate of drug-likeness (QED) is 0.381. The summed E-state index contributed by atoms with van der Waals surface area (Å²) in [5.41, 5.74) is 6.69. The van der Waals surface area contributed by atoms with Gasteiger partial charge in [-0.3, -0.25) is 19.6 Å². The second-order valence-electron chi connectivity index (χ2n) is 5.71. The molecule has 0 fully saturated rings. The average molecular weight is 366 g/mol. The van der Waals surface area contributed by atoms with Crippen molar-refractivity contribution in [3.05, 3.63) is 60.2 Å². The molecule has 8 heteroatoms. The van der Waals surface area contributed by atoms with Crippen LogP contribution >= 0.6 is 0 Å². The lowest BCUT2D eigenvalue weighted by Gasteiger charge is -2.01. The Morgan fingerprint density at radius 1 is 0.741 bits per heavy atom. The van der Waals surface area contributed by atoms with E-state index in [1.807, 2.05) is 0 Å². The number of hydrazone groups is 2. The van der Waals surface area contributed by atoms with E-state index in [0.29, 0.717) is 25.7 Å². The van der Waals surface area contributed by atoms with Gasteiger partial charge in [-0.2, -0.15) is 10.2 Å². The fraction of sp³-hybridized carbons (Fsp3) is 0.263. The fourth-order valence-electron chi connectivity index (χ4n) is 2.12. The molecule has 2 aromatic rings. The molecule has 140 valence electrons.